The van der Waals surface area contributed by atoms with Gasteiger partial charge in [0.15, 0.2) is 0 Å². The van der Waals surface area contributed by atoms with Crippen LogP contribution < -0.4 is 10.2 Å². The molecule has 2 aromatic carbocycles. The van der Waals surface area contributed by atoms with E-state index in [1.165, 1.54) is 0 Å². The van der Waals surface area contributed by atoms with Gasteiger partial charge in [0, 0.05) is 16.1 Å². The van der Waals surface area contributed by atoms with Crippen molar-refractivity contribution in [1.82, 2.24) is 0 Å². The van der Waals surface area contributed by atoms with Crippen LogP contribution in [0.25, 0.3) is 22.1 Å². The number of hydrogen-bond donors (Lipinski definition) is 0. The van der Waals surface area contributed by atoms with E-state index in [1.807, 2.05) is 25.1 Å². The summed E-state index contributed by atoms with van der Waals surface area (Å²) in [7, 11) is 1.59. The van der Waals surface area contributed by atoms with Crippen LogP contribution in [-0.4, -0.2) is 7.11 Å². The zero-order chi connectivity index (χ0) is 15.9. The number of hydrogen-bond acceptors (Lipinski definition) is 3. The normalized spacial score (nSPS) is 10.9. The van der Waals surface area contributed by atoms with E-state index in [1.54, 1.807) is 32.2 Å². The minimum absolute atomic E-state index is 0.0856. The summed E-state index contributed by atoms with van der Waals surface area (Å²) >= 11 is 6.23. The minimum Gasteiger partial charge on any atom is -0.496 e. The molecular weight excluding hydrogens is 300 g/mol. The molecule has 1 aromatic heterocycles. The number of fused-ring (bicyclic) bond motifs is 1. The molecule has 0 radical (unpaired) electrons. The van der Waals surface area contributed by atoms with Crippen molar-refractivity contribution < 1.29 is 9.15 Å². The van der Waals surface area contributed by atoms with Crippen molar-refractivity contribution in [3.8, 4) is 16.9 Å². The van der Waals surface area contributed by atoms with Crippen molar-refractivity contribution in [2.24, 2.45) is 0 Å². The minimum atomic E-state index is -0.0856. The third kappa shape index (κ3) is 2.18. The summed E-state index contributed by atoms with van der Waals surface area (Å²) in [6.07, 6.45) is 0. The number of halogens is 1. The van der Waals surface area contributed by atoms with Gasteiger partial charge in [0.2, 0.25) is 5.43 Å². The van der Waals surface area contributed by atoms with E-state index in [9.17, 15) is 4.79 Å². The SMILES string of the molecule is COc1ccc2c(=O)c(-c3ccccc3Cl)c(C)oc2c1C. The first-order valence-electron chi connectivity index (χ1n) is 6.90. The van der Waals surface area contributed by atoms with Gasteiger partial charge in [-0.2, -0.15) is 0 Å². The number of benzene rings is 2. The fourth-order valence-electron chi connectivity index (χ4n) is 2.68. The van der Waals surface area contributed by atoms with Crippen LogP contribution in [0, 0.1) is 13.8 Å². The number of ether oxygens (including phenoxy) is 1. The molecule has 112 valence electrons. The van der Waals surface area contributed by atoms with E-state index in [0.717, 1.165) is 5.56 Å². The maximum atomic E-state index is 12.9. The van der Waals surface area contributed by atoms with Crippen LogP contribution >= 0.6 is 11.6 Å². The highest BCUT2D eigenvalue weighted by molar-refractivity contribution is 6.33. The summed E-state index contributed by atoms with van der Waals surface area (Å²) in [5.74, 6) is 1.24. The van der Waals surface area contributed by atoms with Crippen molar-refractivity contribution in [2.45, 2.75) is 13.8 Å². The van der Waals surface area contributed by atoms with E-state index < -0.39 is 0 Å². The van der Waals surface area contributed by atoms with Crippen molar-refractivity contribution in [1.29, 1.82) is 0 Å². The van der Waals surface area contributed by atoms with Crippen LogP contribution in [0.1, 0.15) is 11.3 Å². The van der Waals surface area contributed by atoms with E-state index in [2.05, 4.69) is 0 Å². The first-order chi connectivity index (χ1) is 10.5. The molecule has 0 aliphatic carbocycles. The lowest BCUT2D eigenvalue weighted by Crippen LogP contribution is -2.08. The molecule has 22 heavy (non-hydrogen) atoms. The molecule has 4 heteroatoms. The highest BCUT2D eigenvalue weighted by Crippen LogP contribution is 2.32. The van der Waals surface area contributed by atoms with Gasteiger partial charge in [-0.15, -0.1) is 0 Å². The molecule has 0 N–H and O–H groups in total. The Kier molecular flexibility index (Phi) is 3.67. The fourth-order valence-corrected chi connectivity index (χ4v) is 2.91. The van der Waals surface area contributed by atoms with E-state index in [0.29, 0.717) is 38.6 Å². The van der Waals surface area contributed by atoms with Gasteiger partial charge < -0.3 is 9.15 Å². The topological polar surface area (TPSA) is 39.4 Å². The van der Waals surface area contributed by atoms with Crippen LogP contribution in [0.5, 0.6) is 5.75 Å². The van der Waals surface area contributed by atoms with E-state index >= 15 is 0 Å². The molecule has 0 saturated heterocycles. The van der Waals surface area contributed by atoms with Gasteiger partial charge >= 0.3 is 0 Å². The quantitative estimate of drug-likeness (QED) is 0.686. The molecular formula is C18H15ClO3. The average molecular weight is 315 g/mol. The lowest BCUT2D eigenvalue weighted by atomic mass is 10.0. The molecule has 0 bridgehead atoms. The summed E-state index contributed by atoms with van der Waals surface area (Å²) in [5.41, 5.74) is 2.47. The highest BCUT2D eigenvalue weighted by Gasteiger charge is 2.17. The lowest BCUT2D eigenvalue weighted by Gasteiger charge is -2.11. The second kappa shape index (κ2) is 5.50. The van der Waals surface area contributed by atoms with Crippen LogP contribution in [-0.2, 0) is 0 Å². The van der Waals surface area contributed by atoms with Gasteiger partial charge in [-0.3, -0.25) is 4.79 Å². The molecule has 3 rings (SSSR count). The molecule has 0 spiro atoms. The van der Waals surface area contributed by atoms with Gasteiger partial charge in [0.25, 0.3) is 0 Å². The Morgan fingerprint density at radius 2 is 1.82 bits per heavy atom. The Labute approximate surface area is 133 Å². The standard InChI is InChI=1S/C18H15ClO3/c1-10-15(21-3)9-8-13-17(20)16(11(2)22-18(10)13)12-6-4-5-7-14(12)19/h4-9H,1-3H3. The zero-order valence-electron chi connectivity index (χ0n) is 12.6. The molecule has 0 saturated carbocycles. The van der Waals surface area contributed by atoms with Gasteiger partial charge in [-0.25, -0.2) is 0 Å². The lowest BCUT2D eigenvalue weighted by molar-refractivity contribution is 0.411. The molecule has 3 nitrogen and oxygen atoms in total. The maximum Gasteiger partial charge on any atom is 0.200 e. The zero-order valence-corrected chi connectivity index (χ0v) is 13.3. The van der Waals surface area contributed by atoms with Crippen molar-refractivity contribution in [3.05, 3.63) is 63.0 Å². The van der Waals surface area contributed by atoms with Gasteiger partial charge in [0.05, 0.1) is 18.1 Å². The molecule has 0 fully saturated rings. The molecule has 0 atom stereocenters. The van der Waals surface area contributed by atoms with Crippen LogP contribution in [0.2, 0.25) is 5.02 Å². The molecule has 1 heterocycles. The first kappa shape index (κ1) is 14.7. The highest BCUT2D eigenvalue weighted by atomic mass is 35.5. The summed E-state index contributed by atoms with van der Waals surface area (Å²) in [6, 6.07) is 10.8. The maximum absolute atomic E-state index is 12.9. The predicted octanol–water partition coefficient (Wildman–Crippen LogP) is 4.74. The summed E-state index contributed by atoms with van der Waals surface area (Å²) < 4.78 is 11.2. The number of aryl methyl sites for hydroxylation is 2. The Hall–Kier alpha value is -2.26. The van der Waals surface area contributed by atoms with Gasteiger partial charge in [-0.05, 0) is 32.0 Å². The van der Waals surface area contributed by atoms with E-state index in [-0.39, 0.29) is 5.43 Å². The second-order valence-electron chi connectivity index (χ2n) is 5.11. The Morgan fingerprint density at radius 1 is 1.09 bits per heavy atom. The van der Waals surface area contributed by atoms with Crippen LogP contribution in [0.15, 0.2) is 45.6 Å². The molecule has 0 unspecified atom stereocenters. The largest absolute Gasteiger partial charge is 0.496 e. The number of methoxy groups -OCH3 is 1. The third-order valence-electron chi connectivity index (χ3n) is 3.80. The fraction of sp³-hybridized carbons (Fsp3) is 0.167. The summed E-state index contributed by atoms with van der Waals surface area (Å²) in [5, 5.41) is 1.06. The van der Waals surface area contributed by atoms with Crippen molar-refractivity contribution in [3.63, 3.8) is 0 Å². The molecule has 3 aromatic rings. The van der Waals surface area contributed by atoms with Crippen LogP contribution in [0.3, 0.4) is 0 Å². The first-order valence-corrected chi connectivity index (χ1v) is 7.28. The molecule has 0 aliphatic heterocycles. The average Bonchev–Trinajstić information content (AvgIpc) is 2.50. The Balaban J connectivity index is 2.40. The van der Waals surface area contributed by atoms with Crippen LogP contribution in [0.4, 0.5) is 0 Å². The predicted molar refractivity (Wildman–Crippen MR) is 89.0 cm³/mol. The van der Waals surface area contributed by atoms with E-state index in [4.69, 9.17) is 20.8 Å². The number of rotatable bonds is 2. The molecule has 0 aliphatic rings. The second-order valence-corrected chi connectivity index (χ2v) is 5.52. The van der Waals surface area contributed by atoms with Crippen molar-refractivity contribution in [2.75, 3.05) is 7.11 Å². The molecule has 0 amide bonds. The summed E-state index contributed by atoms with van der Waals surface area (Å²) in [6.45, 7) is 3.65. The van der Waals surface area contributed by atoms with Crippen molar-refractivity contribution >= 4 is 22.6 Å². The smallest absolute Gasteiger partial charge is 0.200 e. The van der Waals surface area contributed by atoms with Gasteiger partial charge in [0.1, 0.15) is 17.1 Å². The van der Waals surface area contributed by atoms with Gasteiger partial charge in [-0.1, -0.05) is 29.8 Å². The summed E-state index contributed by atoms with van der Waals surface area (Å²) in [4.78, 5) is 12.9. The Bertz CT molecular complexity index is 925. The monoisotopic (exact) mass is 314 g/mol. The third-order valence-corrected chi connectivity index (χ3v) is 4.13. The Morgan fingerprint density at radius 3 is 2.50 bits per heavy atom.